The molecule has 0 amide bonds. The van der Waals surface area contributed by atoms with Crippen LogP contribution in [-0.4, -0.2) is 0 Å². The van der Waals surface area contributed by atoms with Gasteiger partial charge >= 0.3 is 0 Å². The molecule has 0 nitrogen and oxygen atoms in total. The highest BCUT2D eigenvalue weighted by molar-refractivity contribution is 5.30. The maximum Gasteiger partial charge on any atom is -0.0245 e. The van der Waals surface area contributed by atoms with E-state index in [-0.39, 0.29) is 0 Å². The van der Waals surface area contributed by atoms with Gasteiger partial charge in [0.15, 0.2) is 0 Å². The van der Waals surface area contributed by atoms with Crippen LogP contribution in [0.15, 0.2) is 24.3 Å². The quantitative estimate of drug-likeness (QED) is 0.594. The summed E-state index contributed by atoms with van der Waals surface area (Å²) in [6, 6.07) is 9.10. The topological polar surface area (TPSA) is 0 Å². The zero-order valence-corrected chi connectivity index (χ0v) is 9.41. The molecule has 2 aliphatic carbocycles. The van der Waals surface area contributed by atoms with Crippen molar-refractivity contribution in [1.82, 2.24) is 0 Å². The average Bonchev–Trinajstić information content (AvgIpc) is 2.50. The summed E-state index contributed by atoms with van der Waals surface area (Å²) in [4.78, 5) is 0. The SMILES string of the molecule is c1ccc2c(c1)C[C@@H]1CCCCC[C@H]1C2. The van der Waals surface area contributed by atoms with Crippen LogP contribution in [0.5, 0.6) is 0 Å². The van der Waals surface area contributed by atoms with Gasteiger partial charge in [-0.2, -0.15) is 0 Å². The molecular formula is C15H20. The molecule has 15 heavy (non-hydrogen) atoms. The minimum atomic E-state index is 1.00. The van der Waals surface area contributed by atoms with Crippen LogP contribution in [-0.2, 0) is 12.8 Å². The second-order valence-corrected chi connectivity index (χ2v) is 5.34. The third-order valence-electron chi connectivity index (χ3n) is 4.40. The van der Waals surface area contributed by atoms with E-state index in [4.69, 9.17) is 0 Å². The molecule has 0 unspecified atom stereocenters. The van der Waals surface area contributed by atoms with Crippen molar-refractivity contribution >= 4 is 0 Å². The van der Waals surface area contributed by atoms with E-state index in [2.05, 4.69) is 24.3 Å². The molecule has 0 bridgehead atoms. The number of fused-ring (bicyclic) bond motifs is 2. The van der Waals surface area contributed by atoms with Crippen LogP contribution in [0.1, 0.15) is 43.2 Å². The van der Waals surface area contributed by atoms with E-state index < -0.39 is 0 Å². The van der Waals surface area contributed by atoms with Gasteiger partial charge in [0.1, 0.15) is 0 Å². The Hall–Kier alpha value is -0.780. The highest BCUT2D eigenvalue weighted by Crippen LogP contribution is 2.38. The normalized spacial score (nSPS) is 30.1. The van der Waals surface area contributed by atoms with Gasteiger partial charge in [0.05, 0.1) is 0 Å². The molecule has 0 spiro atoms. The molecule has 80 valence electrons. The molecule has 0 aliphatic heterocycles. The Labute approximate surface area is 92.7 Å². The van der Waals surface area contributed by atoms with Crippen LogP contribution in [0.4, 0.5) is 0 Å². The van der Waals surface area contributed by atoms with Crippen molar-refractivity contribution < 1.29 is 0 Å². The van der Waals surface area contributed by atoms with E-state index in [0.717, 1.165) is 11.8 Å². The fourth-order valence-electron chi connectivity index (χ4n) is 3.52. The van der Waals surface area contributed by atoms with Gasteiger partial charge in [-0.05, 0) is 48.6 Å². The van der Waals surface area contributed by atoms with E-state index in [9.17, 15) is 0 Å². The molecule has 0 N–H and O–H groups in total. The van der Waals surface area contributed by atoms with Crippen LogP contribution < -0.4 is 0 Å². The Morgan fingerprint density at radius 3 is 1.80 bits per heavy atom. The number of benzene rings is 1. The molecular weight excluding hydrogens is 180 g/mol. The second kappa shape index (κ2) is 4.00. The molecule has 2 aliphatic rings. The first-order chi connectivity index (χ1) is 7.43. The number of hydrogen-bond acceptors (Lipinski definition) is 0. The maximum absolute atomic E-state index is 2.34. The molecule has 1 saturated carbocycles. The minimum Gasteiger partial charge on any atom is -0.0620 e. The zero-order valence-electron chi connectivity index (χ0n) is 9.41. The van der Waals surface area contributed by atoms with Crippen LogP contribution in [0.3, 0.4) is 0 Å². The Morgan fingerprint density at radius 1 is 0.733 bits per heavy atom. The van der Waals surface area contributed by atoms with Gasteiger partial charge in [-0.15, -0.1) is 0 Å². The van der Waals surface area contributed by atoms with Crippen molar-refractivity contribution in [2.24, 2.45) is 11.8 Å². The molecule has 0 saturated heterocycles. The minimum absolute atomic E-state index is 1.00. The van der Waals surface area contributed by atoms with Gasteiger partial charge in [0.2, 0.25) is 0 Å². The van der Waals surface area contributed by atoms with Gasteiger partial charge in [0, 0.05) is 0 Å². The lowest BCUT2D eigenvalue weighted by molar-refractivity contribution is 0.291. The van der Waals surface area contributed by atoms with Gasteiger partial charge in [-0.25, -0.2) is 0 Å². The van der Waals surface area contributed by atoms with Crippen LogP contribution in [0, 0.1) is 11.8 Å². The molecule has 1 aromatic rings. The summed E-state index contributed by atoms with van der Waals surface area (Å²) >= 11 is 0. The molecule has 0 heteroatoms. The summed E-state index contributed by atoms with van der Waals surface area (Å²) in [5.74, 6) is 2.00. The Morgan fingerprint density at radius 2 is 1.27 bits per heavy atom. The summed E-state index contributed by atoms with van der Waals surface area (Å²) in [6.45, 7) is 0. The summed E-state index contributed by atoms with van der Waals surface area (Å²) in [5.41, 5.74) is 3.28. The third-order valence-corrected chi connectivity index (χ3v) is 4.40. The number of hydrogen-bond donors (Lipinski definition) is 0. The molecule has 3 rings (SSSR count). The lowest BCUT2D eigenvalue weighted by Crippen LogP contribution is -2.24. The zero-order chi connectivity index (χ0) is 10.1. The predicted molar refractivity (Wildman–Crippen MR) is 63.9 cm³/mol. The van der Waals surface area contributed by atoms with Crippen LogP contribution >= 0.6 is 0 Å². The van der Waals surface area contributed by atoms with Crippen molar-refractivity contribution in [2.75, 3.05) is 0 Å². The van der Waals surface area contributed by atoms with Crippen molar-refractivity contribution in [3.05, 3.63) is 35.4 Å². The first-order valence-corrected chi connectivity index (χ1v) is 6.50. The first kappa shape index (κ1) is 9.45. The second-order valence-electron chi connectivity index (χ2n) is 5.34. The smallest absolute Gasteiger partial charge is 0.0245 e. The standard InChI is InChI=1S/C15H20/c1-2-6-12-10-14-8-4-5-9-15(14)11-13(12)7-3-1/h4-5,8-9,12-13H,1-3,6-7,10-11H2/t12-,13-/m0/s1. The van der Waals surface area contributed by atoms with Crippen molar-refractivity contribution in [2.45, 2.75) is 44.9 Å². The van der Waals surface area contributed by atoms with Crippen molar-refractivity contribution in [3.8, 4) is 0 Å². The Bertz CT molecular complexity index is 307. The van der Waals surface area contributed by atoms with Crippen molar-refractivity contribution in [1.29, 1.82) is 0 Å². The largest absolute Gasteiger partial charge is 0.0620 e. The fraction of sp³-hybridized carbons (Fsp3) is 0.600. The lowest BCUT2D eigenvalue weighted by Gasteiger charge is -2.31. The average molecular weight is 200 g/mol. The summed E-state index contributed by atoms with van der Waals surface area (Å²) in [5, 5.41) is 0. The van der Waals surface area contributed by atoms with E-state index in [1.165, 1.54) is 44.9 Å². The van der Waals surface area contributed by atoms with E-state index in [1.54, 1.807) is 11.1 Å². The summed E-state index contributed by atoms with van der Waals surface area (Å²) in [7, 11) is 0. The predicted octanol–water partition coefficient (Wildman–Crippen LogP) is 3.98. The van der Waals surface area contributed by atoms with Crippen LogP contribution in [0.25, 0.3) is 0 Å². The van der Waals surface area contributed by atoms with Gasteiger partial charge in [0.25, 0.3) is 0 Å². The Kier molecular flexibility index (Phi) is 2.52. The highest BCUT2D eigenvalue weighted by Gasteiger charge is 2.28. The summed E-state index contributed by atoms with van der Waals surface area (Å²) in [6.07, 6.45) is 10.1. The molecule has 0 heterocycles. The van der Waals surface area contributed by atoms with Gasteiger partial charge in [-0.3, -0.25) is 0 Å². The molecule has 2 atom stereocenters. The fourth-order valence-corrected chi connectivity index (χ4v) is 3.52. The third kappa shape index (κ3) is 1.82. The first-order valence-electron chi connectivity index (χ1n) is 6.50. The molecule has 1 aromatic carbocycles. The lowest BCUT2D eigenvalue weighted by atomic mass is 9.74. The Balaban J connectivity index is 1.87. The molecule has 0 radical (unpaired) electrons. The number of rotatable bonds is 0. The maximum atomic E-state index is 2.34. The van der Waals surface area contributed by atoms with E-state index in [1.807, 2.05) is 0 Å². The molecule has 0 aromatic heterocycles. The van der Waals surface area contributed by atoms with Crippen LogP contribution in [0.2, 0.25) is 0 Å². The van der Waals surface area contributed by atoms with E-state index in [0.29, 0.717) is 0 Å². The van der Waals surface area contributed by atoms with Gasteiger partial charge in [-0.1, -0.05) is 43.5 Å². The van der Waals surface area contributed by atoms with E-state index >= 15 is 0 Å². The molecule has 1 fully saturated rings. The van der Waals surface area contributed by atoms with Crippen molar-refractivity contribution in [3.63, 3.8) is 0 Å². The van der Waals surface area contributed by atoms with Gasteiger partial charge < -0.3 is 0 Å². The highest BCUT2D eigenvalue weighted by atomic mass is 14.3. The summed E-state index contributed by atoms with van der Waals surface area (Å²) < 4.78 is 0. The monoisotopic (exact) mass is 200 g/mol.